The van der Waals surface area contributed by atoms with E-state index < -0.39 is 0 Å². The number of nitrogens with one attached hydrogen (secondary N) is 1. The van der Waals surface area contributed by atoms with Crippen molar-refractivity contribution in [1.29, 1.82) is 0 Å². The van der Waals surface area contributed by atoms with E-state index in [9.17, 15) is 0 Å². The first-order valence-corrected chi connectivity index (χ1v) is 5.54. The summed E-state index contributed by atoms with van der Waals surface area (Å²) >= 11 is 0. The second-order valence-corrected chi connectivity index (χ2v) is 4.09. The molecule has 0 fully saturated rings. The van der Waals surface area contributed by atoms with E-state index >= 15 is 0 Å². The van der Waals surface area contributed by atoms with Crippen LogP contribution in [-0.2, 0) is 0 Å². The molecule has 0 aliphatic heterocycles. The molecule has 0 amide bonds. The highest BCUT2D eigenvalue weighted by Gasteiger charge is 2.03. The number of halogens is 1. The molecule has 1 rings (SSSR count). The second kappa shape index (κ2) is 8.61. The third kappa shape index (κ3) is 6.87. The molecule has 0 aromatic carbocycles. The summed E-state index contributed by atoms with van der Waals surface area (Å²) in [5, 5.41) is 3.11. The van der Waals surface area contributed by atoms with Crippen molar-refractivity contribution in [2.24, 2.45) is 10.7 Å². The predicted molar refractivity (Wildman–Crippen MR) is 81.3 cm³/mol. The Balaban J connectivity index is 0.00000225. The van der Waals surface area contributed by atoms with Crippen LogP contribution in [0.4, 0.5) is 0 Å². The Hall–Kier alpha value is -0.520. The SMILES string of the molecule is C=C(C)CN=C(N)NCCC1=CCCC1.I. The van der Waals surface area contributed by atoms with E-state index in [4.69, 9.17) is 5.73 Å². The van der Waals surface area contributed by atoms with Crippen LogP contribution in [0.3, 0.4) is 0 Å². The molecule has 0 spiro atoms. The second-order valence-electron chi connectivity index (χ2n) is 4.09. The van der Waals surface area contributed by atoms with Crippen LogP contribution in [0.5, 0.6) is 0 Å². The van der Waals surface area contributed by atoms with Crippen molar-refractivity contribution >= 4 is 29.9 Å². The summed E-state index contributed by atoms with van der Waals surface area (Å²) in [6, 6.07) is 0. The zero-order valence-corrected chi connectivity index (χ0v) is 12.3. The molecule has 0 saturated heterocycles. The fourth-order valence-electron chi connectivity index (χ4n) is 1.59. The van der Waals surface area contributed by atoms with E-state index in [1.54, 1.807) is 5.57 Å². The van der Waals surface area contributed by atoms with Gasteiger partial charge in [0.15, 0.2) is 5.96 Å². The number of guanidine groups is 1. The van der Waals surface area contributed by atoms with Gasteiger partial charge in [0.25, 0.3) is 0 Å². The molecule has 1 aliphatic carbocycles. The van der Waals surface area contributed by atoms with Crippen LogP contribution in [-0.4, -0.2) is 19.0 Å². The number of hydrogen-bond donors (Lipinski definition) is 2. The minimum absolute atomic E-state index is 0. The Morgan fingerprint density at radius 3 is 2.94 bits per heavy atom. The topological polar surface area (TPSA) is 50.4 Å². The third-order valence-corrected chi connectivity index (χ3v) is 2.41. The average molecular weight is 335 g/mol. The molecule has 0 unspecified atom stereocenters. The molecule has 4 heteroatoms. The van der Waals surface area contributed by atoms with Gasteiger partial charge in [0.2, 0.25) is 0 Å². The fourth-order valence-corrected chi connectivity index (χ4v) is 1.59. The summed E-state index contributed by atoms with van der Waals surface area (Å²) in [6.07, 6.45) is 7.24. The highest BCUT2D eigenvalue weighted by Crippen LogP contribution is 2.19. The maximum atomic E-state index is 5.69. The third-order valence-electron chi connectivity index (χ3n) is 2.41. The van der Waals surface area contributed by atoms with Crippen LogP contribution in [0.2, 0.25) is 0 Å². The van der Waals surface area contributed by atoms with Gasteiger partial charge in [-0.2, -0.15) is 0 Å². The Bertz CT molecular complexity index is 282. The summed E-state index contributed by atoms with van der Waals surface area (Å²) in [6.45, 7) is 7.21. The highest BCUT2D eigenvalue weighted by molar-refractivity contribution is 14.0. The maximum Gasteiger partial charge on any atom is 0.188 e. The lowest BCUT2D eigenvalue weighted by atomic mass is 10.2. The maximum absolute atomic E-state index is 5.69. The molecular weight excluding hydrogens is 313 g/mol. The van der Waals surface area contributed by atoms with E-state index in [0.29, 0.717) is 12.5 Å². The van der Waals surface area contributed by atoms with Crippen LogP contribution in [0.15, 0.2) is 28.8 Å². The van der Waals surface area contributed by atoms with Crippen molar-refractivity contribution in [2.45, 2.75) is 32.6 Å². The minimum atomic E-state index is 0. The Labute approximate surface area is 115 Å². The molecule has 0 atom stereocenters. The average Bonchev–Trinajstić information content (AvgIpc) is 2.67. The molecule has 1 aliphatic rings. The molecule has 0 aromatic rings. The van der Waals surface area contributed by atoms with Crippen LogP contribution < -0.4 is 11.1 Å². The molecule has 0 radical (unpaired) electrons. The molecular formula is C12H22IN3. The van der Waals surface area contributed by atoms with E-state index in [1.165, 1.54) is 19.3 Å². The van der Waals surface area contributed by atoms with Gasteiger partial charge in [-0.1, -0.05) is 23.8 Å². The van der Waals surface area contributed by atoms with Gasteiger partial charge in [-0.3, -0.25) is 0 Å². The number of allylic oxidation sites excluding steroid dienone is 1. The molecule has 0 bridgehead atoms. The van der Waals surface area contributed by atoms with E-state index in [0.717, 1.165) is 18.5 Å². The Kier molecular flexibility index (Phi) is 8.33. The first kappa shape index (κ1) is 15.5. The summed E-state index contributed by atoms with van der Waals surface area (Å²) < 4.78 is 0. The Morgan fingerprint density at radius 1 is 1.62 bits per heavy atom. The molecule has 92 valence electrons. The number of hydrogen-bond acceptors (Lipinski definition) is 1. The van der Waals surface area contributed by atoms with Gasteiger partial charge in [-0.25, -0.2) is 4.99 Å². The Morgan fingerprint density at radius 2 is 2.38 bits per heavy atom. The van der Waals surface area contributed by atoms with Crippen molar-refractivity contribution in [1.82, 2.24) is 5.32 Å². The molecule has 0 aromatic heterocycles. The van der Waals surface area contributed by atoms with Gasteiger partial charge < -0.3 is 11.1 Å². The van der Waals surface area contributed by atoms with Gasteiger partial charge in [0.05, 0.1) is 6.54 Å². The number of nitrogens with zero attached hydrogens (tertiary/aromatic N) is 1. The fraction of sp³-hybridized carbons (Fsp3) is 0.583. The number of rotatable bonds is 5. The normalized spacial score (nSPS) is 15.3. The van der Waals surface area contributed by atoms with E-state index in [-0.39, 0.29) is 24.0 Å². The summed E-state index contributed by atoms with van der Waals surface area (Å²) in [7, 11) is 0. The summed E-state index contributed by atoms with van der Waals surface area (Å²) in [5.74, 6) is 0.525. The van der Waals surface area contributed by atoms with Crippen molar-refractivity contribution in [3.8, 4) is 0 Å². The lowest BCUT2D eigenvalue weighted by Gasteiger charge is -2.06. The number of nitrogens with two attached hydrogens (primary N) is 1. The highest BCUT2D eigenvalue weighted by atomic mass is 127. The van der Waals surface area contributed by atoms with Crippen molar-refractivity contribution in [3.05, 3.63) is 23.8 Å². The zero-order valence-electron chi connectivity index (χ0n) is 9.96. The van der Waals surface area contributed by atoms with Gasteiger partial charge in [-0.15, -0.1) is 24.0 Å². The zero-order chi connectivity index (χ0) is 11.1. The van der Waals surface area contributed by atoms with Crippen LogP contribution in [0.25, 0.3) is 0 Å². The van der Waals surface area contributed by atoms with E-state index in [1.807, 2.05) is 6.92 Å². The monoisotopic (exact) mass is 335 g/mol. The molecule has 3 N–H and O–H groups in total. The molecule has 3 nitrogen and oxygen atoms in total. The summed E-state index contributed by atoms with van der Waals surface area (Å²) in [4.78, 5) is 4.15. The van der Waals surface area contributed by atoms with Crippen LogP contribution >= 0.6 is 24.0 Å². The molecule has 16 heavy (non-hydrogen) atoms. The van der Waals surface area contributed by atoms with Crippen LogP contribution in [0, 0.1) is 0 Å². The smallest absolute Gasteiger partial charge is 0.188 e. The largest absolute Gasteiger partial charge is 0.370 e. The van der Waals surface area contributed by atoms with Gasteiger partial charge in [0.1, 0.15) is 0 Å². The standard InChI is InChI=1S/C12H21N3.HI/c1-10(2)9-15-12(13)14-8-7-11-5-3-4-6-11;/h5H,1,3-4,6-9H2,2H3,(H3,13,14,15);1H. The molecule has 0 saturated carbocycles. The summed E-state index contributed by atoms with van der Waals surface area (Å²) in [5.41, 5.74) is 8.26. The first-order valence-electron chi connectivity index (χ1n) is 5.54. The lowest BCUT2D eigenvalue weighted by Crippen LogP contribution is -2.32. The van der Waals surface area contributed by atoms with Gasteiger partial charge in [-0.05, 0) is 32.6 Å². The van der Waals surface area contributed by atoms with Crippen molar-refractivity contribution < 1.29 is 0 Å². The van der Waals surface area contributed by atoms with Crippen LogP contribution in [0.1, 0.15) is 32.6 Å². The van der Waals surface area contributed by atoms with Crippen molar-refractivity contribution in [3.63, 3.8) is 0 Å². The predicted octanol–water partition coefficient (Wildman–Crippen LogP) is 2.59. The quantitative estimate of drug-likeness (QED) is 0.351. The first-order chi connectivity index (χ1) is 7.18. The minimum Gasteiger partial charge on any atom is -0.370 e. The number of aliphatic imine (C=N–C) groups is 1. The van der Waals surface area contributed by atoms with Crippen molar-refractivity contribution in [2.75, 3.05) is 13.1 Å². The van der Waals surface area contributed by atoms with E-state index in [2.05, 4.69) is 23.0 Å². The van der Waals surface area contributed by atoms with Gasteiger partial charge >= 0.3 is 0 Å². The molecule has 0 heterocycles. The van der Waals surface area contributed by atoms with Gasteiger partial charge in [0, 0.05) is 6.54 Å². The lowest BCUT2D eigenvalue weighted by molar-refractivity contribution is 0.804.